The van der Waals surface area contributed by atoms with Gasteiger partial charge in [-0.3, -0.25) is 0 Å². The molecule has 0 amide bonds. The van der Waals surface area contributed by atoms with Crippen molar-refractivity contribution in [3.8, 4) is 0 Å². The highest BCUT2D eigenvalue weighted by Gasteiger charge is 2.30. The zero-order chi connectivity index (χ0) is 15.3. The summed E-state index contributed by atoms with van der Waals surface area (Å²) in [4.78, 5) is 0.308. The topological polar surface area (TPSA) is 75.6 Å². The SMILES string of the molecule is CCCS(=O)(=O)c1ccccc1NCC1(O)CCOCC1. The fourth-order valence-electron chi connectivity index (χ4n) is 2.45. The van der Waals surface area contributed by atoms with E-state index in [0.717, 1.165) is 0 Å². The molecule has 0 radical (unpaired) electrons. The van der Waals surface area contributed by atoms with Gasteiger partial charge in [-0.05, 0) is 18.6 Å². The van der Waals surface area contributed by atoms with Crippen LogP contribution in [0, 0.1) is 0 Å². The van der Waals surface area contributed by atoms with Crippen molar-refractivity contribution in [3.05, 3.63) is 24.3 Å². The highest BCUT2D eigenvalue weighted by Crippen LogP contribution is 2.25. The molecule has 0 spiro atoms. The number of rotatable bonds is 6. The van der Waals surface area contributed by atoms with Crippen LogP contribution in [0.2, 0.25) is 0 Å². The molecule has 1 fully saturated rings. The van der Waals surface area contributed by atoms with Gasteiger partial charge in [0.1, 0.15) is 0 Å². The minimum absolute atomic E-state index is 0.129. The van der Waals surface area contributed by atoms with Gasteiger partial charge < -0.3 is 15.2 Å². The van der Waals surface area contributed by atoms with Gasteiger partial charge in [-0.1, -0.05) is 19.1 Å². The molecule has 2 rings (SSSR count). The Hall–Kier alpha value is -1.11. The molecule has 5 nitrogen and oxygen atoms in total. The van der Waals surface area contributed by atoms with Crippen LogP contribution in [0.15, 0.2) is 29.2 Å². The van der Waals surface area contributed by atoms with E-state index >= 15 is 0 Å². The summed E-state index contributed by atoms with van der Waals surface area (Å²) in [5, 5.41) is 13.5. The molecule has 1 saturated heterocycles. The van der Waals surface area contributed by atoms with E-state index < -0.39 is 15.4 Å². The van der Waals surface area contributed by atoms with E-state index in [2.05, 4.69) is 5.32 Å². The molecule has 21 heavy (non-hydrogen) atoms. The van der Waals surface area contributed by atoms with E-state index in [1.807, 2.05) is 6.92 Å². The standard InChI is InChI=1S/C15H23NO4S/c1-2-11-21(18,19)14-6-4-3-5-13(14)16-12-15(17)7-9-20-10-8-15/h3-6,16-17H,2,7-12H2,1H3. The Kier molecular flexibility index (Phi) is 5.24. The molecule has 118 valence electrons. The molecule has 0 unspecified atom stereocenters. The third-order valence-corrected chi connectivity index (χ3v) is 5.70. The second kappa shape index (κ2) is 6.77. The molecule has 0 atom stereocenters. The summed E-state index contributed by atoms with van der Waals surface area (Å²) in [6, 6.07) is 6.87. The van der Waals surface area contributed by atoms with Crippen LogP contribution in [0.5, 0.6) is 0 Å². The fraction of sp³-hybridized carbons (Fsp3) is 0.600. The van der Waals surface area contributed by atoms with Crippen LogP contribution >= 0.6 is 0 Å². The van der Waals surface area contributed by atoms with Crippen LogP contribution in [-0.2, 0) is 14.6 Å². The summed E-state index contributed by atoms with van der Waals surface area (Å²) in [6.45, 7) is 3.25. The molecule has 1 aromatic carbocycles. The molecule has 6 heteroatoms. The maximum absolute atomic E-state index is 12.3. The molecule has 0 bridgehead atoms. The monoisotopic (exact) mass is 313 g/mol. The summed E-state index contributed by atoms with van der Waals surface area (Å²) >= 11 is 0. The van der Waals surface area contributed by atoms with Gasteiger partial charge in [0.05, 0.1) is 21.9 Å². The first-order valence-electron chi connectivity index (χ1n) is 7.33. The van der Waals surface area contributed by atoms with E-state index in [1.165, 1.54) is 0 Å². The third kappa shape index (κ3) is 4.18. The third-order valence-electron chi connectivity index (χ3n) is 3.73. The normalized spacial score (nSPS) is 18.4. The fourth-order valence-corrected chi connectivity index (χ4v) is 3.97. The van der Waals surface area contributed by atoms with Gasteiger partial charge in [-0.15, -0.1) is 0 Å². The second-order valence-corrected chi connectivity index (χ2v) is 7.58. The van der Waals surface area contributed by atoms with Crippen molar-refractivity contribution >= 4 is 15.5 Å². The molecule has 1 aromatic rings. The number of hydrogen-bond donors (Lipinski definition) is 2. The lowest BCUT2D eigenvalue weighted by Crippen LogP contribution is -2.42. The quantitative estimate of drug-likeness (QED) is 0.838. The average molecular weight is 313 g/mol. The number of ether oxygens (including phenoxy) is 1. The predicted octanol–water partition coefficient (Wildman–Crippen LogP) is 1.82. The Bertz CT molecular complexity index is 565. The smallest absolute Gasteiger partial charge is 0.180 e. The second-order valence-electron chi connectivity index (χ2n) is 5.51. The van der Waals surface area contributed by atoms with Gasteiger partial charge >= 0.3 is 0 Å². The molecule has 1 heterocycles. The van der Waals surface area contributed by atoms with Crippen molar-refractivity contribution in [1.82, 2.24) is 0 Å². The van der Waals surface area contributed by atoms with Crippen LogP contribution in [0.1, 0.15) is 26.2 Å². The lowest BCUT2D eigenvalue weighted by Gasteiger charge is -2.32. The van der Waals surface area contributed by atoms with Gasteiger partial charge in [-0.2, -0.15) is 0 Å². The summed E-state index contributed by atoms with van der Waals surface area (Å²) < 4.78 is 29.8. The Labute approximate surface area is 126 Å². The maximum Gasteiger partial charge on any atom is 0.180 e. The van der Waals surface area contributed by atoms with Crippen LogP contribution < -0.4 is 5.32 Å². The molecule has 1 aliphatic rings. The van der Waals surface area contributed by atoms with E-state index in [4.69, 9.17) is 4.74 Å². The first kappa shape index (κ1) is 16.3. The van der Waals surface area contributed by atoms with Crippen LogP contribution in [0.25, 0.3) is 0 Å². The summed E-state index contributed by atoms with van der Waals surface area (Å²) in [7, 11) is -3.28. The van der Waals surface area contributed by atoms with Crippen molar-refractivity contribution in [3.63, 3.8) is 0 Å². The number of hydrogen-bond acceptors (Lipinski definition) is 5. The highest BCUT2D eigenvalue weighted by molar-refractivity contribution is 7.91. The summed E-state index contributed by atoms with van der Waals surface area (Å²) in [5.74, 6) is 0.129. The Balaban J connectivity index is 2.13. The molecular weight excluding hydrogens is 290 g/mol. The van der Waals surface area contributed by atoms with Gasteiger partial charge in [0.15, 0.2) is 9.84 Å². The largest absolute Gasteiger partial charge is 0.388 e. The molecule has 1 aliphatic heterocycles. The van der Waals surface area contributed by atoms with E-state index in [0.29, 0.717) is 49.6 Å². The number of aliphatic hydroxyl groups is 1. The van der Waals surface area contributed by atoms with Gasteiger partial charge in [0, 0.05) is 32.6 Å². The number of sulfone groups is 1. The van der Waals surface area contributed by atoms with Crippen molar-refractivity contribution in [1.29, 1.82) is 0 Å². The molecule has 0 aliphatic carbocycles. The van der Waals surface area contributed by atoms with Gasteiger partial charge in [0.2, 0.25) is 0 Å². The van der Waals surface area contributed by atoms with Gasteiger partial charge in [-0.25, -0.2) is 8.42 Å². The van der Waals surface area contributed by atoms with Crippen LogP contribution in [0.4, 0.5) is 5.69 Å². The van der Waals surface area contributed by atoms with Crippen molar-refractivity contribution < 1.29 is 18.3 Å². The number of para-hydroxylation sites is 1. The molecule has 2 N–H and O–H groups in total. The Morgan fingerprint density at radius 2 is 1.95 bits per heavy atom. The number of nitrogens with one attached hydrogen (secondary N) is 1. The average Bonchev–Trinajstić information content (AvgIpc) is 2.46. The number of anilines is 1. The van der Waals surface area contributed by atoms with E-state index in [9.17, 15) is 13.5 Å². The number of benzene rings is 1. The zero-order valence-corrected chi connectivity index (χ0v) is 13.2. The highest BCUT2D eigenvalue weighted by atomic mass is 32.2. The van der Waals surface area contributed by atoms with Crippen LogP contribution in [-0.4, -0.2) is 44.6 Å². The zero-order valence-electron chi connectivity index (χ0n) is 12.3. The van der Waals surface area contributed by atoms with Crippen molar-refractivity contribution in [2.75, 3.05) is 30.8 Å². The molecule has 0 aromatic heterocycles. The minimum atomic E-state index is -3.28. The van der Waals surface area contributed by atoms with E-state index in [1.54, 1.807) is 24.3 Å². The minimum Gasteiger partial charge on any atom is -0.388 e. The lowest BCUT2D eigenvalue weighted by molar-refractivity contribution is -0.0543. The maximum atomic E-state index is 12.3. The predicted molar refractivity (Wildman–Crippen MR) is 82.3 cm³/mol. The van der Waals surface area contributed by atoms with Gasteiger partial charge in [0.25, 0.3) is 0 Å². The molecular formula is C15H23NO4S. The van der Waals surface area contributed by atoms with E-state index in [-0.39, 0.29) is 5.75 Å². The lowest BCUT2D eigenvalue weighted by atomic mass is 9.94. The Morgan fingerprint density at radius 3 is 2.62 bits per heavy atom. The first-order valence-corrected chi connectivity index (χ1v) is 8.98. The first-order chi connectivity index (χ1) is 9.97. The summed E-state index contributed by atoms with van der Waals surface area (Å²) in [5.41, 5.74) is -0.272. The molecule has 0 saturated carbocycles. The summed E-state index contributed by atoms with van der Waals surface area (Å²) in [6.07, 6.45) is 1.70. The van der Waals surface area contributed by atoms with Crippen molar-refractivity contribution in [2.24, 2.45) is 0 Å². The Morgan fingerprint density at radius 1 is 1.29 bits per heavy atom. The van der Waals surface area contributed by atoms with Crippen LogP contribution in [0.3, 0.4) is 0 Å². The van der Waals surface area contributed by atoms with Crippen molar-refractivity contribution in [2.45, 2.75) is 36.7 Å².